The van der Waals surface area contributed by atoms with Gasteiger partial charge in [0.15, 0.2) is 22.8 Å². The van der Waals surface area contributed by atoms with Crippen LogP contribution >= 0.6 is 35.2 Å². The number of ether oxygens (including phenoxy) is 1. The van der Waals surface area contributed by atoms with Crippen LogP contribution in [0.5, 0.6) is 0 Å². The molecule has 0 radical (unpaired) electrons. The van der Waals surface area contributed by atoms with Crippen LogP contribution in [0.15, 0.2) is 12.7 Å². The maximum atomic E-state index is 12.6. The third kappa shape index (κ3) is 13.6. The van der Waals surface area contributed by atoms with Crippen LogP contribution < -0.4 is 16.4 Å². The number of nitrogens with one attached hydrogen (secondary N) is 2. The largest absolute Gasteiger partial charge is 0.481 e. The standard InChI is InChI=1S/C24H38N7O19P3S/c1-24(2,19(37)22(38)27-4-3-13(32)26-5-6-54-15(35)7-14(33)34)9-47-53(44,45)50-52(42,43)46-8-12-18(49-51(39,40)41)17(36)23(48-12)31-11-30-16-20(25)28-10-29-21(16)31/h10-12,17-19,23,36-37H,3-9H2,1-2H3,(H,26,32)(H,27,38)(H,33,34)(H,42,43)(H,44,45)(H2,25,28,29)(H2,39,40,41)/t12-,17-,18-,19+,23-/m1/s1/i15+1. The van der Waals surface area contributed by atoms with E-state index >= 15 is 0 Å². The molecule has 0 bridgehead atoms. The molecule has 26 nitrogen and oxygen atoms in total. The Hall–Kier alpha value is -2.97. The molecular weight excluding hydrogens is 816 g/mol. The van der Waals surface area contributed by atoms with Crippen LogP contribution in [0.4, 0.5) is 5.82 Å². The number of aliphatic hydroxyl groups is 2. The lowest BCUT2D eigenvalue weighted by molar-refractivity contribution is -0.139. The van der Waals surface area contributed by atoms with E-state index in [0.717, 1.165) is 29.0 Å². The number of carbonyl (C=O) groups is 4. The number of phosphoric ester groups is 3. The summed E-state index contributed by atoms with van der Waals surface area (Å²) in [6.45, 7) is 0.132. The Kier molecular flexibility index (Phi) is 15.8. The van der Waals surface area contributed by atoms with Crippen LogP contribution in [-0.2, 0) is 55.5 Å². The number of fused-ring (bicyclic) bond motifs is 1. The Morgan fingerprint density at radius 3 is 2.37 bits per heavy atom. The van der Waals surface area contributed by atoms with Crippen LogP contribution in [0.2, 0.25) is 0 Å². The third-order valence-electron chi connectivity index (χ3n) is 7.06. The SMILES string of the molecule is CC(C)(COP(=O)(O)OP(=O)(O)OC[C@H]1O[C@@H](n2cnc3c(N)ncnc32)[C@H](O)[C@@H]1OP(=O)(O)O)[C@@H](O)C(=O)NCCC(=O)NCCS[13C](=O)CC(=O)O. The van der Waals surface area contributed by atoms with Crippen molar-refractivity contribution in [2.45, 2.75) is 57.3 Å². The molecular formula is C24H38N7O19P3S. The predicted molar refractivity (Wildman–Crippen MR) is 179 cm³/mol. The minimum atomic E-state index is -5.59. The number of carboxylic acids is 1. The highest BCUT2D eigenvalue weighted by Crippen LogP contribution is 2.61. The van der Waals surface area contributed by atoms with E-state index in [1.807, 2.05) is 0 Å². The molecule has 1 fully saturated rings. The number of carbonyl (C=O) groups excluding carboxylic acids is 3. The Morgan fingerprint density at radius 2 is 1.72 bits per heavy atom. The number of hydrogen-bond acceptors (Lipinski definition) is 19. The lowest BCUT2D eigenvalue weighted by Gasteiger charge is -2.30. The van der Waals surface area contributed by atoms with E-state index in [4.69, 9.17) is 24.6 Å². The van der Waals surface area contributed by atoms with Crippen molar-refractivity contribution < 1.29 is 90.4 Å². The van der Waals surface area contributed by atoms with Gasteiger partial charge < -0.3 is 56.0 Å². The highest BCUT2D eigenvalue weighted by Gasteiger charge is 2.50. The number of thioether (sulfide) groups is 1. The first-order valence-electron chi connectivity index (χ1n) is 15.2. The number of aliphatic carboxylic acids is 1. The summed E-state index contributed by atoms with van der Waals surface area (Å²) < 4.78 is 61.8. The van der Waals surface area contributed by atoms with Crippen LogP contribution in [0.25, 0.3) is 11.2 Å². The molecule has 0 spiro atoms. The zero-order valence-corrected chi connectivity index (χ0v) is 31.6. The highest BCUT2D eigenvalue weighted by molar-refractivity contribution is 8.13. The van der Waals surface area contributed by atoms with Crippen molar-refractivity contribution in [3.63, 3.8) is 0 Å². The average molecular weight is 855 g/mol. The Bertz CT molecular complexity index is 1830. The van der Waals surface area contributed by atoms with Gasteiger partial charge in [-0.3, -0.25) is 37.3 Å². The average Bonchev–Trinajstić information content (AvgIpc) is 3.60. The lowest BCUT2D eigenvalue weighted by atomic mass is 9.87. The zero-order chi connectivity index (χ0) is 40.6. The number of nitrogens with zero attached hydrogens (tertiary/aromatic N) is 4. The van der Waals surface area contributed by atoms with E-state index in [-0.39, 0.29) is 42.2 Å². The summed E-state index contributed by atoms with van der Waals surface area (Å²) in [5.41, 5.74) is 4.19. The zero-order valence-electron chi connectivity index (χ0n) is 28.1. The molecule has 3 rings (SSSR count). The van der Waals surface area contributed by atoms with Crippen LogP contribution in [-0.4, -0.2) is 134 Å². The molecule has 0 saturated carbocycles. The number of nitrogen functional groups attached to an aromatic ring is 1. The van der Waals surface area contributed by atoms with Gasteiger partial charge in [-0.25, -0.2) is 28.6 Å². The number of anilines is 1. The third-order valence-corrected chi connectivity index (χ3v) is 11.0. The van der Waals surface area contributed by atoms with Gasteiger partial charge in [0.1, 0.15) is 42.7 Å². The first kappa shape index (κ1) is 45.4. The molecule has 2 unspecified atom stereocenters. The van der Waals surface area contributed by atoms with Gasteiger partial charge in [-0.15, -0.1) is 0 Å². The fourth-order valence-corrected chi connectivity index (χ4v) is 7.96. The highest BCUT2D eigenvalue weighted by atomic mass is 32.2. The minimum absolute atomic E-state index is 0.0185. The second-order valence-electron chi connectivity index (χ2n) is 11.9. The molecule has 2 aromatic heterocycles. The van der Waals surface area contributed by atoms with Gasteiger partial charge in [0.25, 0.3) is 0 Å². The number of phosphoric acid groups is 3. The first-order valence-corrected chi connectivity index (χ1v) is 20.7. The van der Waals surface area contributed by atoms with E-state index in [0.29, 0.717) is 0 Å². The van der Waals surface area contributed by atoms with Gasteiger partial charge in [0.05, 0.1) is 19.5 Å². The van der Waals surface area contributed by atoms with E-state index in [1.54, 1.807) is 0 Å². The van der Waals surface area contributed by atoms with E-state index in [2.05, 4.69) is 34.4 Å². The number of amides is 2. The van der Waals surface area contributed by atoms with Gasteiger partial charge in [-0.1, -0.05) is 25.6 Å². The van der Waals surface area contributed by atoms with E-state index < -0.39 is 102 Å². The summed E-state index contributed by atoms with van der Waals surface area (Å²) in [7, 11) is -16.4. The molecule has 0 aliphatic carbocycles. The van der Waals surface area contributed by atoms with Crippen molar-refractivity contribution in [2.24, 2.45) is 5.41 Å². The van der Waals surface area contributed by atoms with E-state index in [9.17, 15) is 62.7 Å². The number of aromatic nitrogens is 4. The number of nitrogens with two attached hydrogens (primary N) is 1. The normalized spacial score (nSPS) is 21.9. The number of aliphatic hydroxyl groups excluding tert-OH is 2. The predicted octanol–water partition coefficient (Wildman–Crippen LogP) is -1.86. The van der Waals surface area contributed by atoms with Crippen LogP contribution in [0, 0.1) is 5.41 Å². The molecule has 2 aromatic rings. The van der Waals surface area contributed by atoms with Crippen molar-refractivity contribution >= 4 is 75.1 Å². The molecule has 11 N–H and O–H groups in total. The fourth-order valence-electron chi connectivity index (χ4n) is 4.47. The van der Waals surface area contributed by atoms with Crippen LogP contribution in [0.1, 0.15) is 32.9 Å². The molecule has 54 heavy (non-hydrogen) atoms. The van der Waals surface area contributed by atoms with Crippen molar-refractivity contribution in [2.75, 3.05) is 37.8 Å². The van der Waals surface area contributed by atoms with Crippen molar-refractivity contribution in [3.05, 3.63) is 12.7 Å². The Labute approximate surface area is 308 Å². The van der Waals surface area contributed by atoms with E-state index in [1.165, 1.54) is 13.8 Å². The van der Waals surface area contributed by atoms with Gasteiger partial charge in [0, 0.05) is 30.7 Å². The monoisotopic (exact) mass is 854 g/mol. The number of imidazole rings is 1. The molecule has 1 aliphatic rings. The molecule has 30 heteroatoms. The quantitative estimate of drug-likeness (QED) is 0.0285. The molecule has 7 atom stereocenters. The van der Waals surface area contributed by atoms with Crippen molar-refractivity contribution in [3.8, 4) is 0 Å². The summed E-state index contributed by atoms with van der Waals surface area (Å²) in [6, 6.07) is 0. The fraction of sp³-hybridized carbons (Fsp3) is 0.625. The van der Waals surface area contributed by atoms with Gasteiger partial charge in [-0.05, 0) is 0 Å². The second-order valence-corrected chi connectivity index (χ2v) is 17.2. The number of carboxylic acid groups (broad SMARTS) is 1. The minimum Gasteiger partial charge on any atom is -0.481 e. The van der Waals surface area contributed by atoms with Gasteiger partial charge in [-0.2, -0.15) is 4.31 Å². The molecule has 304 valence electrons. The van der Waals surface area contributed by atoms with Crippen LogP contribution in [0.3, 0.4) is 0 Å². The van der Waals surface area contributed by atoms with Crippen molar-refractivity contribution in [1.29, 1.82) is 0 Å². The molecule has 0 aromatic carbocycles. The summed E-state index contributed by atoms with van der Waals surface area (Å²) >= 11 is 0.718. The first-order chi connectivity index (χ1) is 24.9. The molecule has 1 aliphatic heterocycles. The Balaban J connectivity index is 1.51. The number of rotatable bonds is 21. The van der Waals surface area contributed by atoms with Gasteiger partial charge >= 0.3 is 29.4 Å². The summed E-state index contributed by atoms with van der Waals surface area (Å²) in [4.78, 5) is 97.0. The van der Waals surface area contributed by atoms with Crippen molar-refractivity contribution in [1.82, 2.24) is 30.2 Å². The topological polar surface area (TPSA) is 401 Å². The summed E-state index contributed by atoms with van der Waals surface area (Å²) in [5.74, 6) is -2.80. The molecule has 2 amide bonds. The second kappa shape index (κ2) is 18.8. The molecule has 1 saturated heterocycles. The molecule has 3 heterocycles. The summed E-state index contributed by atoms with van der Waals surface area (Å²) in [5, 5.41) is 34.0. The Morgan fingerprint density at radius 1 is 1.06 bits per heavy atom. The lowest BCUT2D eigenvalue weighted by Crippen LogP contribution is -2.46. The summed E-state index contributed by atoms with van der Waals surface area (Å²) in [6.07, 6.45) is -7.78. The smallest absolute Gasteiger partial charge is 0.481 e. The maximum Gasteiger partial charge on any atom is 0.481 e. The maximum absolute atomic E-state index is 12.6. The van der Waals surface area contributed by atoms with Gasteiger partial charge in [0.2, 0.25) is 11.8 Å². The number of hydrogen-bond donors (Lipinski definition) is 10.